The highest BCUT2D eigenvalue weighted by atomic mass is 32.1. The fourth-order valence-electron chi connectivity index (χ4n) is 2.80. The Hall–Kier alpha value is -2.39. The molecule has 0 amide bonds. The van der Waals surface area contributed by atoms with Crippen LogP contribution in [0.4, 0.5) is 5.69 Å². The molecule has 0 aliphatic heterocycles. The van der Waals surface area contributed by atoms with Crippen LogP contribution in [-0.4, -0.2) is 17.3 Å². The number of nitrogens with zero attached hydrogens (tertiary/aromatic N) is 3. The van der Waals surface area contributed by atoms with Gasteiger partial charge in [0.05, 0.1) is 5.69 Å². The zero-order valence-electron chi connectivity index (χ0n) is 18.1. The predicted octanol–water partition coefficient (Wildman–Crippen LogP) is 6.21. The molecule has 150 valence electrons. The molecule has 0 aliphatic carbocycles. The standard InChI is InChI=1S/C22H30N4OS/c1-9-22(6,7)19-16(12-23)21(28-26-19)27-18-11-14(4)17(10-15(18)5)25-20(24-8)13(2)3/h10-11,13H,9H2,1-8H3,(H,24,25). The molecule has 2 rings (SSSR count). The molecule has 0 fully saturated rings. The third-order valence-corrected chi connectivity index (χ3v) is 5.80. The number of nitrogens with one attached hydrogen (secondary N) is 1. The quantitative estimate of drug-likeness (QED) is 0.464. The fourth-order valence-corrected chi connectivity index (χ4v) is 3.68. The van der Waals surface area contributed by atoms with E-state index in [2.05, 4.69) is 61.4 Å². The molecular formula is C22H30N4OS. The first-order valence-electron chi connectivity index (χ1n) is 9.57. The Morgan fingerprint density at radius 1 is 1.32 bits per heavy atom. The zero-order valence-corrected chi connectivity index (χ0v) is 18.9. The molecule has 0 radical (unpaired) electrons. The van der Waals surface area contributed by atoms with Gasteiger partial charge in [-0.3, -0.25) is 4.99 Å². The van der Waals surface area contributed by atoms with E-state index in [1.165, 1.54) is 11.5 Å². The van der Waals surface area contributed by atoms with Crippen LogP contribution >= 0.6 is 11.5 Å². The summed E-state index contributed by atoms with van der Waals surface area (Å²) in [6.45, 7) is 14.6. The van der Waals surface area contributed by atoms with Crippen molar-refractivity contribution in [3.8, 4) is 16.9 Å². The molecule has 6 heteroatoms. The number of aliphatic imine (C=N–C) groups is 1. The Bertz CT molecular complexity index is 919. The largest absolute Gasteiger partial charge is 0.443 e. The topological polar surface area (TPSA) is 70.3 Å². The van der Waals surface area contributed by atoms with Gasteiger partial charge in [0.1, 0.15) is 23.2 Å². The number of hydrogen-bond donors (Lipinski definition) is 1. The van der Waals surface area contributed by atoms with Crippen molar-refractivity contribution in [2.75, 3.05) is 12.4 Å². The van der Waals surface area contributed by atoms with Gasteiger partial charge in [0.15, 0.2) is 0 Å². The highest BCUT2D eigenvalue weighted by molar-refractivity contribution is 7.08. The summed E-state index contributed by atoms with van der Waals surface area (Å²) in [5.74, 6) is 2.00. The Kier molecular flexibility index (Phi) is 6.84. The van der Waals surface area contributed by atoms with Crippen molar-refractivity contribution >= 4 is 23.1 Å². The lowest BCUT2D eigenvalue weighted by Crippen LogP contribution is -2.19. The molecule has 0 bridgehead atoms. The minimum Gasteiger partial charge on any atom is -0.443 e. The lowest BCUT2D eigenvalue weighted by Gasteiger charge is -2.20. The van der Waals surface area contributed by atoms with Crippen LogP contribution in [0.15, 0.2) is 17.1 Å². The van der Waals surface area contributed by atoms with Crippen LogP contribution in [0.3, 0.4) is 0 Å². The van der Waals surface area contributed by atoms with Gasteiger partial charge in [0.25, 0.3) is 0 Å². The van der Waals surface area contributed by atoms with Gasteiger partial charge in [-0.05, 0) is 43.5 Å². The monoisotopic (exact) mass is 398 g/mol. The maximum atomic E-state index is 9.68. The molecule has 28 heavy (non-hydrogen) atoms. The molecule has 0 saturated heterocycles. The van der Waals surface area contributed by atoms with Gasteiger partial charge in [-0.2, -0.15) is 9.64 Å². The summed E-state index contributed by atoms with van der Waals surface area (Å²) in [5.41, 5.74) is 4.24. The Morgan fingerprint density at radius 2 is 2.00 bits per heavy atom. The number of amidine groups is 1. The number of hydrogen-bond acceptors (Lipinski definition) is 5. The predicted molar refractivity (Wildman–Crippen MR) is 118 cm³/mol. The van der Waals surface area contributed by atoms with Gasteiger partial charge < -0.3 is 10.1 Å². The van der Waals surface area contributed by atoms with E-state index in [1.807, 2.05) is 19.9 Å². The number of ether oxygens (including phenoxy) is 1. The summed E-state index contributed by atoms with van der Waals surface area (Å²) in [6.07, 6.45) is 0.903. The van der Waals surface area contributed by atoms with Crippen LogP contribution in [0, 0.1) is 31.1 Å². The van der Waals surface area contributed by atoms with Gasteiger partial charge in [0, 0.05) is 35.6 Å². The van der Waals surface area contributed by atoms with Crippen LogP contribution in [0.1, 0.15) is 63.4 Å². The molecule has 5 nitrogen and oxygen atoms in total. The average Bonchev–Trinajstić information content (AvgIpc) is 3.06. The Balaban J connectivity index is 2.37. The highest BCUT2D eigenvalue weighted by Gasteiger charge is 2.28. The molecule has 0 atom stereocenters. The van der Waals surface area contributed by atoms with E-state index in [0.717, 1.165) is 40.5 Å². The molecule has 0 spiro atoms. The smallest absolute Gasteiger partial charge is 0.218 e. The van der Waals surface area contributed by atoms with Gasteiger partial charge in [-0.25, -0.2) is 0 Å². The molecule has 1 aromatic heterocycles. The number of anilines is 1. The zero-order chi connectivity index (χ0) is 21.1. The van der Waals surface area contributed by atoms with E-state index >= 15 is 0 Å². The van der Waals surface area contributed by atoms with Gasteiger partial charge in [-0.1, -0.05) is 34.6 Å². The van der Waals surface area contributed by atoms with E-state index in [1.54, 1.807) is 7.05 Å². The maximum absolute atomic E-state index is 9.68. The van der Waals surface area contributed by atoms with Crippen LogP contribution in [0.5, 0.6) is 10.8 Å². The second-order valence-corrected chi connectivity index (χ2v) is 8.70. The molecule has 1 N–H and O–H groups in total. The highest BCUT2D eigenvalue weighted by Crippen LogP contribution is 2.39. The number of aromatic nitrogens is 1. The minimum atomic E-state index is -0.158. The van der Waals surface area contributed by atoms with E-state index in [4.69, 9.17) is 4.74 Å². The van der Waals surface area contributed by atoms with Gasteiger partial charge in [-0.15, -0.1) is 0 Å². The summed E-state index contributed by atoms with van der Waals surface area (Å²) in [6, 6.07) is 6.35. The molecule has 0 aliphatic rings. The molecule has 2 aromatic rings. The van der Waals surface area contributed by atoms with Crippen LogP contribution in [-0.2, 0) is 5.41 Å². The Morgan fingerprint density at radius 3 is 2.54 bits per heavy atom. The summed E-state index contributed by atoms with van der Waals surface area (Å²) >= 11 is 1.25. The fraction of sp³-hybridized carbons (Fsp3) is 0.500. The van der Waals surface area contributed by atoms with E-state index in [-0.39, 0.29) is 5.41 Å². The number of nitriles is 1. The van der Waals surface area contributed by atoms with E-state index in [9.17, 15) is 5.26 Å². The van der Waals surface area contributed by atoms with Crippen molar-refractivity contribution in [2.45, 2.75) is 60.3 Å². The van der Waals surface area contributed by atoms with Gasteiger partial charge >= 0.3 is 0 Å². The third-order valence-electron chi connectivity index (χ3n) is 5.07. The van der Waals surface area contributed by atoms with Crippen molar-refractivity contribution in [3.63, 3.8) is 0 Å². The number of rotatable bonds is 6. The average molecular weight is 399 g/mol. The lowest BCUT2D eigenvalue weighted by atomic mass is 9.84. The van der Waals surface area contributed by atoms with Crippen LogP contribution in [0.2, 0.25) is 0 Å². The van der Waals surface area contributed by atoms with Gasteiger partial charge in [0.2, 0.25) is 5.06 Å². The Labute approximate surface area is 172 Å². The van der Waals surface area contributed by atoms with Crippen molar-refractivity contribution in [3.05, 3.63) is 34.5 Å². The molecule has 1 heterocycles. The van der Waals surface area contributed by atoms with E-state index in [0.29, 0.717) is 16.5 Å². The first kappa shape index (κ1) is 21.9. The molecule has 0 saturated carbocycles. The first-order chi connectivity index (χ1) is 13.1. The second-order valence-electron chi connectivity index (χ2n) is 7.97. The summed E-state index contributed by atoms with van der Waals surface area (Å²) < 4.78 is 10.7. The SMILES string of the molecule is CCC(C)(C)c1nsc(Oc2cc(C)c(NC(=NC)C(C)C)cc2C)c1C#N. The minimum absolute atomic E-state index is 0.158. The van der Waals surface area contributed by atoms with Crippen molar-refractivity contribution in [1.29, 1.82) is 5.26 Å². The van der Waals surface area contributed by atoms with Crippen molar-refractivity contribution in [1.82, 2.24) is 4.37 Å². The van der Waals surface area contributed by atoms with Crippen LogP contribution in [0.25, 0.3) is 0 Å². The third kappa shape index (κ3) is 4.53. The molecule has 0 unspecified atom stereocenters. The van der Waals surface area contributed by atoms with Crippen molar-refractivity contribution < 1.29 is 4.74 Å². The summed E-state index contributed by atoms with van der Waals surface area (Å²) in [5, 5.41) is 13.7. The molecule has 1 aromatic carbocycles. The van der Waals surface area contributed by atoms with Crippen LogP contribution < -0.4 is 10.1 Å². The maximum Gasteiger partial charge on any atom is 0.218 e. The normalized spacial score (nSPS) is 12.2. The molecular weight excluding hydrogens is 368 g/mol. The summed E-state index contributed by atoms with van der Waals surface area (Å²) in [4.78, 5) is 4.33. The number of aryl methyl sites for hydroxylation is 2. The first-order valence-corrected chi connectivity index (χ1v) is 10.3. The van der Waals surface area contributed by atoms with Crippen molar-refractivity contribution in [2.24, 2.45) is 10.9 Å². The summed E-state index contributed by atoms with van der Waals surface area (Å²) in [7, 11) is 1.80. The second kappa shape index (κ2) is 8.74. The van der Waals surface area contributed by atoms with E-state index < -0.39 is 0 Å². The number of benzene rings is 1. The lowest BCUT2D eigenvalue weighted by molar-refractivity contribution is 0.477.